The van der Waals surface area contributed by atoms with Crippen LogP contribution in [0.15, 0.2) is 0 Å². The molecule has 1 aliphatic heterocycles. The molecular formula is C10H20N2O2. The van der Waals surface area contributed by atoms with Crippen molar-refractivity contribution in [3.63, 3.8) is 0 Å². The largest absolute Gasteiger partial charge is 0.396 e. The maximum atomic E-state index is 11.8. The van der Waals surface area contributed by atoms with E-state index in [2.05, 4.69) is 5.32 Å². The van der Waals surface area contributed by atoms with Gasteiger partial charge in [-0.3, -0.25) is 4.79 Å². The summed E-state index contributed by atoms with van der Waals surface area (Å²) in [5.41, 5.74) is 0. The summed E-state index contributed by atoms with van der Waals surface area (Å²) >= 11 is 0. The fourth-order valence-corrected chi connectivity index (χ4v) is 1.84. The molecule has 1 aliphatic rings. The van der Waals surface area contributed by atoms with Crippen molar-refractivity contribution in [1.29, 1.82) is 0 Å². The summed E-state index contributed by atoms with van der Waals surface area (Å²) < 4.78 is 0. The molecule has 2 N–H and O–H groups in total. The Morgan fingerprint density at radius 2 is 2.36 bits per heavy atom. The van der Waals surface area contributed by atoms with E-state index in [0.29, 0.717) is 0 Å². The number of rotatable bonds is 5. The zero-order chi connectivity index (χ0) is 10.4. The van der Waals surface area contributed by atoms with Crippen LogP contribution in [-0.4, -0.2) is 48.7 Å². The van der Waals surface area contributed by atoms with Crippen molar-refractivity contribution < 1.29 is 9.90 Å². The maximum absolute atomic E-state index is 11.8. The molecule has 1 unspecified atom stereocenters. The van der Waals surface area contributed by atoms with Gasteiger partial charge in [0.25, 0.3) is 0 Å². The SMILES string of the molecule is CNC1CCCN(CCCCO)C1=O. The van der Waals surface area contributed by atoms with Crippen molar-refractivity contribution in [3.05, 3.63) is 0 Å². The van der Waals surface area contributed by atoms with Gasteiger partial charge in [0.15, 0.2) is 0 Å². The van der Waals surface area contributed by atoms with Gasteiger partial charge < -0.3 is 15.3 Å². The molecule has 0 bridgehead atoms. The molecule has 1 amide bonds. The van der Waals surface area contributed by atoms with Gasteiger partial charge in [-0.25, -0.2) is 0 Å². The van der Waals surface area contributed by atoms with Crippen LogP contribution < -0.4 is 5.32 Å². The van der Waals surface area contributed by atoms with Crippen molar-refractivity contribution in [2.45, 2.75) is 31.7 Å². The van der Waals surface area contributed by atoms with Crippen LogP contribution in [0.4, 0.5) is 0 Å². The number of likely N-dealkylation sites (tertiary alicyclic amines) is 1. The molecule has 82 valence electrons. The van der Waals surface area contributed by atoms with Crippen molar-refractivity contribution in [2.24, 2.45) is 0 Å². The number of amides is 1. The zero-order valence-corrected chi connectivity index (χ0v) is 8.83. The Hall–Kier alpha value is -0.610. The van der Waals surface area contributed by atoms with E-state index < -0.39 is 0 Å². The minimum absolute atomic E-state index is 0.0119. The van der Waals surface area contributed by atoms with Crippen LogP contribution in [0.1, 0.15) is 25.7 Å². The number of nitrogens with one attached hydrogen (secondary N) is 1. The highest BCUT2D eigenvalue weighted by molar-refractivity contribution is 5.82. The number of aliphatic hydroxyl groups is 1. The average Bonchev–Trinajstić information content (AvgIpc) is 2.21. The molecule has 0 aromatic heterocycles. The average molecular weight is 200 g/mol. The number of likely N-dealkylation sites (N-methyl/N-ethyl adjacent to an activating group) is 1. The molecule has 4 nitrogen and oxygen atoms in total. The van der Waals surface area contributed by atoms with E-state index in [1.165, 1.54) is 0 Å². The van der Waals surface area contributed by atoms with Crippen molar-refractivity contribution in [1.82, 2.24) is 10.2 Å². The third-order valence-corrected chi connectivity index (χ3v) is 2.72. The van der Waals surface area contributed by atoms with Gasteiger partial charge in [0.1, 0.15) is 0 Å². The Balaban J connectivity index is 2.32. The molecule has 0 saturated carbocycles. The third kappa shape index (κ3) is 2.96. The number of carbonyl (C=O) groups is 1. The van der Waals surface area contributed by atoms with Gasteiger partial charge in [-0.15, -0.1) is 0 Å². The Labute approximate surface area is 85.3 Å². The summed E-state index contributed by atoms with van der Waals surface area (Å²) in [6.45, 7) is 1.89. The van der Waals surface area contributed by atoms with E-state index in [1.54, 1.807) is 0 Å². The molecule has 1 saturated heterocycles. The second-order valence-electron chi connectivity index (χ2n) is 3.74. The maximum Gasteiger partial charge on any atom is 0.239 e. The van der Waals surface area contributed by atoms with Gasteiger partial charge in [-0.05, 0) is 32.7 Å². The summed E-state index contributed by atoms with van der Waals surface area (Å²) in [5, 5.41) is 11.7. The lowest BCUT2D eigenvalue weighted by atomic mass is 10.0. The number of aliphatic hydroxyl groups excluding tert-OH is 1. The normalized spacial score (nSPS) is 22.9. The first-order valence-corrected chi connectivity index (χ1v) is 5.36. The topological polar surface area (TPSA) is 52.6 Å². The molecule has 0 aliphatic carbocycles. The Kier molecular flexibility index (Phi) is 4.90. The van der Waals surface area contributed by atoms with Crippen molar-refractivity contribution in [2.75, 3.05) is 26.7 Å². The molecule has 14 heavy (non-hydrogen) atoms. The van der Waals surface area contributed by atoms with Crippen LogP contribution in [-0.2, 0) is 4.79 Å². The highest BCUT2D eigenvalue weighted by atomic mass is 16.3. The first-order chi connectivity index (χ1) is 6.79. The number of hydrogen-bond acceptors (Lipinski definition) is 3. The van der Waals surface area contributed by atoms with Crippen LogP contribution >= 0.6 is 0 Å². The molecule has 1 rings (SSSR count). The first-order valence-electron chi connectivity index (χ1n) is 5.36. The lowest BCUT2D eigenvalue weighted by Gasteiger charge is -2.32. The van der Waals surface area contributed by atoms with E-state index in [1.807, 2.05) is 11.9 Å². The molecule has 1 heterocycles. The minimum Gasteiger partial charge on any atom is -0.396 e. The van der Waals surface area contributed by atoms with Gasteiger partial charge in [-0.1, -0.05) is 0 Å². The van der Waals surface area contributed by atoms with Crippen molar-refractivity contribution in [3.8, 4) is 0 Å². The van der Waals surface area contributed by atoms with Crippen LogP contribution in [0.25, 0.3) is 0 Å². The number of nitrogens with zero attached hydrogens (tertiary/aromatic N) is 1. The third-order valence-electron chi connectivity index (χ3n) is 2.72. The van der Waals surface area contributed by atoms with Gasteiger partial charge in [0, 0.05) is 19.7 Å². The van der Waals surface area contributed by atoms with E-state index in [9.17, 15) is 4.79 Å². The standard InChI is InChI=1S/C10H20N2O2/c1-11-9-5-4-7-12(10(9)14)6-2-3-8-13/h9,11,13H,2-8H2,1H3. The van der Waals surface area contributed by atoms with E-state index in [0.717, 1.165) is 38.8 Å². The monoisotopic (exact) mass is 200 g/mol. The molecular weight excluding hydrogens is 180 g/mol. The molecule has 4 heteroatoms. The van der Waals surface area contributed by atoms with Gasteiger partial charge in [0.05, 0.1) is 6.04 Å². The second-order valence-corrected chi connectivity index (χ2v) is 3.74. The summed E-state index contributed by atoms with van der Waals surface area (Å²) in [6.07, 6.45) is 3.72. The molecule has 0 spiro atoms. The fourth-order valence-electron chi connectivity index (χ4n) is 1.84. The molecule has 1 atom stereocenters. The van der Waals surface area contributed by atoms with E-state index in [4.69, 9.17) is 5.11 Å². The van der Waals surface area contributed by atoms with Crippen LogP contribution in [0.5, 0.6) is 0 Å². The number of piperidine rings is 1. The Morgan fingerprint density at radius 3 is 3.00 bits per heavy atom. The predicted octanol–water partition coefficient (Wildman–Crippen LogP) is -0.0307. The minimum atomic E-state index is 0.0119. The lowest BCUT2D eigenvalue weighted by Crippen LogP contribution is -2.49. The lowest BCUT2D eigenvalue weighted by molar-refractivity contribution is -0.135. The van der Waals surface area contributed by atoms with E-state index in [-0.39, 0.29) is 18.6 Å². The molecule has 1 fully saturated rings. The zero-order valence-electron chi connectivity index (χ0n) is 8.83. The number of carbonyl (C=O) groups excluding carboxylic acids is 1. The van der Waals surface area contributed by atoms with Gasteiger partial charge >= 0.3 is 0 Å². The summed E-state index contributed by atoms with van der Waals surface area (Å²) in [5.74, 6) is 0.219. The molecule has 0 radical (unpaired) electrons. The van der Waals surface area contributed by atoms with Crippen LogP contribution in [0.3, 0.4) is 0 Å². The summed E-state index contributed by atoms with van der Waals surface area (Å²) in [4.78, 5) is 13.7. The van der Waals surface area contributed by atoms with Crippen LogP contribution in [0.2, 0.25) is 0 Å². The smallest absolute Gasteiger partial charge is 0.239 e. The van der Waals surface area contributed by atoms with Crippen LogP contribution in [0, 0.1) is 0 Å². The number of hydrogen-bond donors (Lipinski definition) is 2. The Morgan fingerprint density at radius 1 is 1.57 bits per heavy atom. The number of unbranched alkanes of at least 4 members (excludes halogenated alkanes) is 1. The van der Waals surface area contributed by atoms with Gasteiger partial charge in [-0.2, -0.15) is 0 Å². The highest BCUT2D eigenvalue weighted by Gasteiger charge is 2.26. The van der Waals surface area contributed by atoms with Crippen molar-refractivity contribution >= 4 is 5.91 Å². The quantitative estimate of drug-likeness (QED) is 0.613. The molecule has 0 aromatic rings. The fraction of sp³-hybridized carbons (Fsp3) is 0.900. The molecule has 0 aromatic carbocycles. The second kappa shape index (κ2) is 5.98. The highest BCUT2D eigenvalue weighted by Crippen LogP contribution is 2.11. The summed E-state index contributed by atoms with van der Waals surface area (Å²) in [7, 11) is 1.83. The van der Waals surface area contributed by atoms with E-state index >= 15 is 0 Å². The summed E-state index contributed by atoms with van der Waals surface area (Å²) in [6, 6.07) is 0.0119. The Bertz CT molecular complexity index is 185. The first kappa shape index (κ1) is 11.5. The van der Waals surface area contributed by atoms with Gasteiger partial charge in [0.2, 0.25) is 5.91 Å². The predicted molar refractivity (Wildman–Crippen MR) is 55.0 cm³/mol.